The zero-order valence-corrected chi connectivity index (χ0v) is 14.3. The summed E-state index contributed by atoms with van der Waals surface area (Å²) < 4.78 is 18.6. The van der Waals surface area contributed by atoms with Gasteiger partial charge in [0, 0.05) is 12.1 Å². The minimum Gasteiger partial charge on any atom is -0.494 e. The molecule has 0 atom stereocenters. The molecule has 0 aliphatic heterocycles. The van der Waals surface area contributed by atoms with Crippen LogP contribution in [-0.4, -0.2) is 23.0 Å². The largest absolute Gasteiger partial charge is 0.494 e. The molecule has 0 saturated heterocycles. The molecule has 0 aliphatic rings. The number of halogens is 1. The summed E-state index contributed by atoms with van der Waals surface area (Å²) in [6, 6.07) is 9.77. The number of hydrogen-bond donors (Lipinski definition) is 1. The van der Waals surface area contributed by atoms with Crippen molar-refractivity contribution in [1.29, 1.82) is 0 Å². The van der Waals surface area contributed by atoms with Crippen molar-refractivity contribution in [3.8, 4) is 5.75 Å². The minimum atomic E-state index is -0.457. The SMILES string of the molecule is COc1ccc(CNC(=O)c2ccc3nc(C)c(C)nc3c2)cc1F. The molecule has 6 heteroatoms. The maximum Gasteiger partial charge on any atom is 0.251 e. The number of carbonyl (C=O) groups excluding carboxylic acids is 1. The second-order valence-corrected chi connectivity index (χ2v) is 5.75. The van der Waals surface area contributed by atoms with E-state index in [4.69, 9.17) is 4.74 Å². The van der Waals surface area contributed by atoms with E-state index in [-0.39, 0.29) is 18.2 Å². The van der Waals surface area contributed by atoms with Gasteiger partial charge in [-0.05, 0) is 49.7 Å². The van der Waals surface area contributed by atoms with Crippen molar-refractivity contribution in [2.45, 2.75) is 20.4 Å². The highest BCUT2D eigenvalue weighted by molar-refractivity contribution is 5.97. The second-order valence-electron chi connectivity index (χ2n) is 5.75. The summed E-state index contributed by atoms with van der Waals surface area (Å²) in [5, 5.41) is 2.78. The number of amides is 1. The standard InChI is InChI=1S/C19H18FN3O2/c1-11-12(2)23-17-9-14(5-6-16(17)22-11)19(24)21-10-13-4-7-18(25-3)15(20)8-13/h4-9H,10H2,1-3H3,(H,21,24). The monoisotopic (exact) mass is 339 g/mol. The van der Waals surface area contributed by atoms with Crippen LogP contribution in [-0.2, 0) is 6.54 Å². The van der Waals surface area contributed by atoms with Crippen LogP contribution in [0, 0.1) is 19.7 Å². The van der Waals surface area contributed by atoms with Crippen LogP contribution in [0.4, 0.5) is 4.39 Å². The van der Waals surface area contributed by atoms with Gasteiger partial charge in [-0.3, -0.25) is 4.79 Å². The van der Waals surface area contributed by atoms with Crippen LogP contribution < -0.4 is 10.1 Å². The Morgan fingerprint density at radius 2 is 1.80 bits per heavy atom. The molecule has 1 heterocycles. The predicted octanol–water partition coefficient (Wildman–Crippen LogP) is 3.32. The van der Waals surface area contributed by atoms with Crippen LogP contribution in [0.25, 0.3) is 11.0 Å². The Kier molecular flexibility index (Phi) is 4.61. The number of rotatable bonds is 4. The first-order valence-electron chi connectivity index (χ1n) is 7.83. The first kappa shape index (κ1) is 16.8. The molecule has 0 bridgehead atoms. The number of nitrogens with zero attached hydrogens (tertiary/aromatic N) is 2. The van der Waals surface area contributed by atoms with Crippen LogP contribution in [0.2, 0.25) is 0 Å². The number of methoxy groups -OCH3 is 1. The zero-order valence-electron chi connectivity index (χ0n) is 14.3. The summed E-state index contributed by atoms with van der Waals surface area (Å²) in [7, 11) is 1.41. The smallest absolute Gasteiger partial charge is 0.251 e. The number of hydrogen-bond acceptors (Lipinski definition) is 4. The molecule has 0 radical (unpaired) electrons. The molecule has 2 aromatic carbocycles. The summed E-state index contributed by atoms with van der Waals surface area (Å²) >= 11 is 0. The van der Waals surface area contributed by atoms with Crippen LogP contribution in [0.1, 0.15) is 27.3 Å². The lowest BCUT2D eigenvalue weighted by atomic mass is 10.1. The van der Waals surface area contributed by atoms with E-state index in [1.165, 1.54) is 19.2 Å². The third-order valence-electron chi connectivity index (χ3n) is 4.01. The number of ether oxygens (including phenoxy) is 1. The van der Waals surface area contributed by atoms with Crippen molar-refractivity contribution in [2.24, 2.45) is 0 Å². The Hall–Kier alpha value is -3.02. The molecule has 0 aliphatic carbocycles. The van der Waals surface area contributed by atoms with Crippen molar-refractivity contribution in [3.05, 3.63) is 64.7 Å². The Morgan fingerprint density at radius 3 is 2.48 bits per heavy atom. The highest BCUT2D eigenvalue weighted by atomic mass is 19.1. The number of benzene rings is 2. The number of carbonyl (C=O) groups is 1. The maximum absolute atomic E-state index is 13.7. The summed E-state index contributed by atoms with van der Waals surface area (Å²) in [4.78, 5) is 21.3. The average molecular weight is 339 g/mol. The van der Waals surface area contributed by atoms with Crippen LogP contribution in [0.3, 0.4) is 0 Å². The lowest BCUT2D eigenvalue weighted by Crippen LogP contribution is -2.22. The van der Waals surface area contributed by atoms with Crippen molar-refractivity contribution in [3.63, 3.8) is 0 Å². The van der Waals surface area contributed by atoms with Gasteiger partial charge >= 0.3 is 0 Å². The molecule has 0 fully saturated rings. The number of nitrogens with one attached hydrogen (secondary N) is 1. The normalized spacial score (nSPS) is 10.7. The molecular formula is C19H18FN3O2. The number of aryl methyl sites for hydroxylation is 2. The fraction of sp³-hybridized carbons (Fsp3) is 0.211. The molecule has 3 aromatic rings. The number of fused-ring (bicyclic) bond motifs is 1. The molecule has 25 heavy (non-hydrogen) atoms. The third kappa shape index (κ3) is 3.57. The first-order valence-corrected chi connectivity index (χ1v) is 7.83. The van der Waals surface area contributed by atoms with E-state index in [2.05, 4.69) is 15.3 Å². The fourth-order valence-electron chi connectivity index (χ4n) is 2.48. The Balaban J connectivity index is 1.76. The topological polar surface area (TPSA) is 64.1 Å². The summed E-state index contributed by atoms with van der Waals surface area (Å²) in [6.07, 6.45) is 0. The Bertz CT molecular complexity index is 957. The quantitative estimate of drug-likeness (QED) is 0.792. The molecule has 1 amide bonds. The highest BCUT2D eigenvalue weighted by Gasteiger charge is 2.10. The fourth-order valence-corrected chi connectivity index (χ4v) is 2.48. The van der Waals surface area contributed by atoms with Crippen molar-refractivity contribution < 1.29 is 13.9 Å². The van der Waals surface area contributed by atoms with E-state index in [9.17, 15) is 9.18 Å². The van der Waals surface area contributed by atoms with Crippen molar-refractivity contribution in [1.82, 2.24) is 15.3 Å². The minimum absolute atomic E-state index is 0.175. The van der Waals surface area contributed by atoms with Gasteiger partial charge in [-0.25, -0.2) is 14.4 Å². The van der Waals surface area contributed by atoms with Gasteiger partial charge in [0.25, 0.3) is 5.91 Å². The Labute approximate surface area is 144 Å². The van der Waals surface area contributed by atoms with E-state index >= 15 is 0 Å². The predicted molar refractivity (Wildman–Crippen MR) is 93.1 cm³/mol. The van der Waals surface area contributed by atoms with Gasteiger partial charge in [0.2, 0.25) is 0 Å². The molecule has 1 N–H and O–H groups in total. The van der Waals surface area contributed by atoms with Gasteiger partial charge < -0.3 is 10.1 Å². The maximum atomic E-state index is 13.7. The van der Waals surface area contributed by atoms with E-state index in [0.29, 0.717) is 16.6 Å². The van der Waals surface area contributed by atoms with Crippen LogP contribution in [0.5, 0.6) is 5.75 Å². The van der Waals surface area contributed by atoms with Crippen LogP contribution in [0.15, 0.2) is 36.4 Å². The number of aromatic nitrogens is 2. The van der Waals surface area contributed by atoms with Gasteiger partial charge in [0.15, 0.2) is 11.6 Å². The summed E-state index contributed by atoms with van der Waals surface area (Å²) in [6.45, 7) is 4.00. The second kappa shape index (κ2) is 6.84. The molecule has 3 rings (SSSR count). The van der Waals surface area contributed by atoms with Crippen LogP contribution >= 0.6 is 0 Å². The molecular weight excluding hydrogens is 321 g/mol. The molecule has 128 valence electrons. The van der Waals surface area contributed by atoms with E-state index in [0.717, 1.165) is 16.9 Å². The lowest BCUT2D eigenvalue weighted by molar-refractivity contribution is 0.0951. The van der Waals surface area contributed by atoms with E-state index in [1.54, 1.807) is 24.3 Å². The third-order valence-corrected chi connectivity index (χ3v) is 4.01. The van der Waals surface area contributed by atoms with Gasteiger partial charge in [-0.15, -0.1) is 0 Å². The molecule has 0 spiro atoms. The van der Waals surface area contributed by atoms with E-state index < -0.39 is 5.82 Å². The molecule has 5 nitrogen and oxygen atoms in total. The van der Waals surface area contributed by atoms with Crippen molar-refractivity contribution in [2.75, 3.05) is 7.11 Å². The van der Waals surface area contributed by atoms with Gasteiger partial charge in [0.1, 0.15) is 0 Å². The van der Waals surface area contributed by atoms with Gasteiger partial charge in [-0.2, -0.15) is 0 Å². The molecule has 0 unspecified atom stereocenters. The summed E-state index contributed by atoms with van der Waals surface area (Å²) in [5.41, 5.74) is 4.26. The zero-order chi connectivity index (χ0) is 18.0. The Morgan fingerprint density at radius 1 is 1.08 bits per heavy atom. The molecule has 0 saturated carbocycles. The van der Waals surface area contributed by atoms with Gasteiger partial charge in [0.05, 0.1) is 29.5 Å². The van der Waals surface area contributed by atoms with Gasteiger partial charge in [-0.1, -0.05) is 6.07 Å². The highest BCUT2D eigenvalue weighted by Crippen LogP contribution is 2.18. The molecule has 1 aromatic heterocycles. The lowest BCUT2D eigenvalue weighted by Gasteiger charge is -2.08. The van der Waals surface area contributed by atoms with E-state index in [1.807, 2.05) is 13.8 Å². The summed E-state index contributed by atoms with van der Waals surface area (Å²) in [5.74, 6) is -0.534. The van der Waals surface area contributed by atoms with Crippen molar-refractivity contribution >= 4 is 16.9 Å². The average Bonchev–Trinajstić information content (AvgIpc) is 2.60. The first-order chi connectivity index (χ1) is 12.0.